The molecule has 0 saturated carbocycles. The summed E-state index contributed by atoms with van der Waals surface area (Å²) in [5.74, 6) is -0.0158. The van der Waals surface area contributed by atoms with Crippen LogP contribution in [0.2, 0.25) is 0 Å². The molecule has 0 fully saturated rings. The molecule has 0 bridgehead atoms. The molecule has 0 amide bonds. The number of aromatic amines is 1. The highest BCUT2D eigenvalue weighted by Gasteiger charge is 2.34. The van der Waals surface area contributed by atoms with E-state index in [4.69, 9.17) is 0 Å². The van der Waals surface area contributed by atoms with Crippen LogP contribution in [0.15, 0.2) is 18.2 Å². The van der Waals surface area contributed by atoms with Gasteiger partial charge in [0.25, 0.3) is 0 Å². The highest BCUT2D eigenvalue weighted by Crippen LogP contribution is 2.38. The van der Waals surface area contributed by atoms with Gasteiger partial charge in [0.1, 0.15) is 0 Å². The summed E-state index contributed by atoms with van der Waals surface area (Å²) in [6.45, 7) is 3.43. The van der Waals surface area contributed by atoms with Crippen LogP contribution < -0.4 is 0 Å². The van der Waals surface area contributed by atoms with E-state index in [1.165, 1.54) is 17.3 Å². The largest absolute Gasteiger partial charge is 0.416 e. The number of hydrogen-bond donors (Lipinski definition) is 1. The summed E-state index contributed by atoms with van der Waals surface area (Å²) in [5, 5.41) is 7.03. The van der Waals surface area contributed by atoms with Gasteiger partial charge in [-0.25, -0.2) is 8.42 Å². The molecule has 0 saturated heterocycles. The quantitative estimate of drug-likeness (QED) is 0.899. The van der Waals surface area contributed by atoms with Gasteiger partial charge >= 0.3 is 6.18 Å². The van der Waals surface area contributed by atoms with Crippen LogP contribution in [0.1, 0.15) is 29.3 Å². The lowest BCUT2D eigenvalue weighted by Crippen LogP contribution is -2.36. The van der Waals surface area contributed by atoms with Crippen molar-refractivity contribution in [3.05, 3.63) is 40.6 Å². The van der Waals surface area contributed by atoms with Gasteiger partial charge in [0.15, 0.2) is 0 Å². The lowest BCUT2D eigenvalue weighted by molar-refractivity contribution is -0.138. The molecule has 25 heavy (non-hydrogen) atoms. The van der Waals surface area contributed by atoms with Crippen LogP contribution >= 0.6 is 0 Å². The highest BCUT2D eigenvalue weighted by molar-refractivity contribution is 7.89. The van der Waals surface area contributed by atoms with E-state index in [0.717, 1.165) is 11.8 Å². The van der Waals surface area contributed by atoms with Crippen molar-refractivity contribution in [2.45, 2.75) is 33.0 Å². The Bertz CT molecular complexity index is 904. The second kappa shape index (κ2) is 6.14. The topological polar surface area (TPSA) is 66.1 Å². The van der Waals surface area contributed by atoms with Gasteiger partial charge in [-0.2, -0.15) is 22.6 Å². The monoisotopic (exact) mass is 373 g/mol. The summed E-state index contributed by atoms with van der Waals surface area (Å²) < 4.78 is 65.1. The number of rotatable bonds is 3. The minimum atomic E-state index is -4.45. The second-order valence-corrected chi connectivity index (χ2v) is 8.25. The van der Waals surface area contributed by atoms with E-state index in [-0.39, 0.29) is 17.9 Å². The molecule has 0 spiro atoms. The minimum Gasteiger partial charge on any atom is -0.282 e. The zero-order valence-corrected chi connectivity index (χ0v) is 14.6. The Morgan fingerprint density at radius 2 is 2.04 bits per heavy atom. The Morgan fingerprint density at radius 3 is 2.68 bits per heavy atom. The van der Waals surface area contributed by atoms with E-state index >= 15 is 0 Å². The van der Waals surface area contributed by atoms with Gasteiger partial charge in [-0.05, 0) is 25.5 Å². The maximum Gasteiger partial charge on any atom is 0.416 e. The van der Waals surface area contributed by atoms with Crippen molar-refractivity contribution < 1.29 is 21.6 Å². The molecule has 3 rings (SSSR count). The van der Waals surface area contributed by atoms with Gasteiger partial charge in [-0.1, -0.05) is 12.1 Å². The first-order chi connectivity index (χ1) is 11.6. The van der Waals surface area contributed by atoms with Crippen molar-refractivity contribution in [3.63, 3.8) is 0 Å². The highest BCUT2D eigenvalue weighted by atomic mass is 32.2. The standard InChI is InChI=1S/C16H18F3N3O2S/c1-3-25(23,24)22-8-7-14-12(9-22)15(21-20-14)11-5-4-6-13(10(11)2)16(17,18)19/h4-6H,3,7-9H2,1-2H3,(H,20,21). The molecule has 5 nitrogen and oxygen atoms in total. The molecular weight excluding hydrogens is 355 g/mol. The molecule has 0 unspecified atom stereocenters. The van der Waals surface area contributed by atoms with Crippen LogP contribution in [-0.4, -0.2) is 35.2 Å². The SMILES string of the molecule is CCS(=O)(=O)N1CCc2[nH]nc(-c3cccc(C(F)(F)F)c3C)c2C1. The minimum absolute atomic E-state index is 0.0158. The normalized spacial score (nSPS) is 16.0. The molecule has 1 N–H and O–H groups in total. The van der Waals surface area contributed by atoms with E-state index in [1.54, 1.807) is 13.0 Å². The van der Waals surface area contributed by atoms with E-state index < -0.39 is 21.8 Å². The summed E-state index contributed by atoms with van der Waals surface area (Å²) >= 11 is 0. The van der Waals surface area contributed by atoms with E-state index in [2.05, 4.69) is 10.2 Å². The lowest BCUT2D eigenvalue weighted by atomic mass is 9.95. The van der Waals surface area contributed by atoms with Gasteiger partial charge in [0.05, 0.1) is 17.0 Å². The van der Waals surface area contributed by atoms with Crippen molar-refractivity contribution >= 4 is 10.0 Å². The molecule has 2 heterocycles. The Kier molecular flexibility index (Phi) is 4.40. The average Bonchev–Trinajstić information content (AvgIpc) is 2.97. The third-order valence-electron chi connectivity index (χ3n) is 4.55. The number of nitrogens with zero attached hydrogens (tertiary/aromatic N) is 2. The summed E-state index contributed by atoms with van der Waals surface area (Å²) in [4.78, 5) is 0. The van der Waals surface area contributed by atoms with Gasteiger partial charge in [-0.3, -0.25) is 5.10 Å². The first-order valence-corrected chi connectivity index (χ1v) is 9.47. The maximum atomic E-state index is 13.2. The molecule has 0 atom stereocenters. The zero-order valence-electron chi connectivity index (χ0n) is 13.8. The smallest absolute Gasteiger partial charge is 0.282 e. The molecule has 1 aromatic carbocycles. The van der Waals surface area contributed by atoms with Crippen LogP contribution in [0.4, 0.5) is 13.2 Å². The molecular formula is C16H18F3N3O2S. The number of aromatic nitrogens is 2. The van der Waals surface area contributed by atoms with E-state index in [9.17, 15) is 21.6 Å². The van der Waals surface area contributed by atoms with Gasteiger partial charge in [-0.15, -0.1) is 0 Å². The number of benzene rings is 1. The first-order valence-electron chi connectivity index (χ1n) is 7.86. The molecule has 1 aliphatic heterocycles. The molecule has 1 aliphatic rings. The Balaban J connectivity index is 2.07. The van der Waals surface area contributed by atoms with Crippen molar-refractivity contribution in [3.8, 4) is 11.3 Å². The summed E-state index contributed by atoms with van der Waals surface area (Å²) in [7, 11) is -3.37. The van der Waals surface area contributed by atoms with Crippen molar-refractivity contribution in [2.24, 2.45) is 0 Å². The molecule has 9 heteroatoms. The molecule has 0 radical (unpaired) electrons. The number of H-pyrrole nitrogens is 1. The molecule has 136 valence electrons. The van der Waals surface area contributed by atoms with Gasteiger partial charge < -0.3 is 0 Å². The van der Waals surface area contributed by atoms with Crippen LogP contribution in [0.5, 0.6) is 0 Å². The van der Waals surface area contributed by atoms with Crippen LogP contribution in [-0.2, 0) is 29.2 Å². The average molecular weight is 373 g/mol. The van der Waals surface area contributed by atoms with Crippen LogP contribution in [0, 0.1) is 6.92 Å². The Hall–Kier alpha value is -1.87. The van der Waals surface area contributed by atoms with Gasteiger partial charge in [0, 0.05) is 36.3 Å². The first kappa shape index (κ1) is 17.9. The lowest BCUT2D eigenvalue weighted by Gasteiger charge is -2.26. The van der Waals surface area contributed by atoms with E-state index in [0.29, 0.717) is 29.8 Å². The zero-order chi connectivity index (χ0) is 18.4. The number of fused-ring (bicyclic) bond motifs is 1. The Morgan fingerprint density at radius 1 is 1.32 bits per heavy atom. The van der Waals surface area contributed by atoms with Crippen molar-refractivity contribution in [1.82, 2.24) is 14.5 Å². The fourth-order valence-electron chi connectivity index (χ4n) is 3.11. The van der Waals surface area contributed by atoms with Crippen LogP contribution in [0.25, 0.3) is 11.3 Å². The van der Waals surface area contributed by atoms with Gasteiger partial charge in [0.2, 0.25) is 10.0 Å². The molecule has 1 aromatic heterocycles. The second-order valence-electron chi connectivity index (χ2n) is 5.99. The third-order valence-corrected chi connectivity index (χ3v) is 6.38. The Labute approximate surface area is 143 Å². The summed E-state index contributed by atoms with van der Waals surface area (Å²) in [6.07, 6.45) is -3.99. The predicted molar refractivity (Wildman–Crippen MR) is 87.3 cm³/mol. The summed E-state index contributed by atoms with van der Waals surface area (Å²) in [6, 6.07) is 3.95. The third kappa shape index (κ3) is 3.18. The van der Waals surface area contributed by atoms with Crippen LogP contribution in [0.3, 0.4) is 0 Å². The maximum absolute atomic E-state index is 13.2. The number of halogens is 3. The number of alkyl halides is 3. The number of sulfonamides is 1. The fourth-order valence-corrected chi connectivity index (χ4v) is 4.17. The summed E-state index contributed by atoms with van der Waals surface area (Å²) in [5.41, 5.74) is 1.54. The number of nitrogens with one attached hydrogen (secondary N) is 1. The van der Waals surface area contributed by atoms with Crippen molar-refractivity contribution in [1.29, 1.82) is 0 Å². The number of hydrogen-bond acceptors (Lipinski definition) is 3. The van der Waals surface area contributed by atoms with E-state index in [1.807, 2.05) is 0 Å². The fraction of sp³-hybridized carbons (Fsp3) is 0.438. The molecule has 0 aliphatic carbocycles. The predicted octanol–water partition coefficient (Wildman–Crippen LogP) is 3.11. The molecule has 2 aromatic rings. The van der Waals surface area contributed by atoms with Crippen molar-refractivity contribution in [2.75, 3.05) is 12.3 Å².